The minimum absolute atomic E-state index is 0.360. The van der Waals surface area contributed by atoms with Crippen molar-refractivity contribution < 1.29 is 9.59 Å². The SMILES string of the molecule is CC(C1CNNN1)(C(C1CNNN1)C1C(=O)NNN1[O-])C1C(=O)NNN1[O-]. The molecular weight excluding hydrogens is 364 g/mol. The van der Waals surface area contributed by atoms with Crippen LogP contribution in [-0.2, 0) is 9.59 Å². The molecule has 4 aliphatic rings. The van der Waals surface area contributed by atoms with Gasteiger partial charge in [0.2, 0.25) is 0 Å². The molecule has 4 saturated heterocycles. The number of carbonyl (C=O) groups excluding carboxylic acids is 2. The molecule has 0 radical (unpaired) electrons. The van der Waals surface area contributed by atoms with Gasteiger partial charge in [0.15, 0.2) is 0 Å². The van der Waals surface area contributed by atoms with E-state index >= 15 is 0 Å². The number of hydrazine groups is 8. The Morgan fingerprint density at radius 3 is 2.19 bits per heavy atom. The number of amides is 2. The molecule has 4 rings (SSSR count). The van der Waals surface area contributed by atoms with E-state index in [-0.39, 0.29) is 0 Å². The van der Waals surface area contributed by atoms with Crippen LogP contribution in [0, 0.1) is 21.7 Å². The first-order valence-corrected chi connectivity index (χ1v) is 8.45. The van der Waals surface area contributed by atoms with E-state index < -0.39 is 47.3 Å². The number of hydrogen-bond donors (Lipinski definition) is 10. The van der Waals surface area contributed by atoms with E-state index in [2.05, 4.69) is 54.7 Å². The van der Waals surface area contributed by atoms with Crippen LogP contribution in [-0.4, -0.2) is 59.4 Å². The third-order valence-electron chi connectivity index (χ3n) is 5.72. The van der Waals surface area contributed by atoms with Gasteiger partial charge in [-0.3, -0.25) is 30.8 Å². The molecule has 16 nitrogen and oxygen atoms in total. The minimum Gasteiger partial charge on any atom is -0.770 e. The molecule has 4 fully saturated rings. The lowest BCUT2D eigenvalue weighted by atomic mass is 9.61. The fraction of sp³-hybridized carbons (Fsp3) is 0.818. The monoisotopic (exact) mass is 386 g/mol. The fourth-order valence-electron chi connectivity index (χ4n) is 4.44. The van der Waals surface area contributed by atoms with E-state index in [1.165, 1.54) is 0 Å². The first kappa shape index (κ1) is 18.8. The van der Waals surface area contributed by atoms with Gasteiger partial charge in [0.1, 0.15) is 6.04 Å². The topological polar surface area (TPSA) is 207 Å². The standard InChI is InChI=1S/C11H22N12O4/c1-11(5-3-13-19-15-5,8-10(25)17-21-23(8)27)6(4-2-12-18-14-4)7-9(24)16-20-22(7)26/h4-8,12-15,18-21H,2-3H2,1H3,(H,16,24)(H,17,25)/q-2. The van der Waals surface area contributed by atoms with Crippen molar-refractivity contribution >= 4 is 11.8 Å². The Labute approximate surface area is 153 Å². The van der Waals surface area contributed by atoms with Crippen LogP contribution < -0.4 is 54.7 Å². The molecule has 0 aliphatic carbocycles. The summed E-state index contributed by atoms with van der Waals surface area (Å²) in [6.07, 6.45) is 0. The van der Waals surface area contributed by atoms with Gasteiger partial charge >= 0.3 is 0 Å². The van der Waals surface area contributed by atoms with Crippen LogP contribution in [0.1, 0.15) is 6.92 Å². The highest BCUT2D eigenvalue weighted by Crippen LogP contribution is 2.44. The third kappa shape index (κ3) is 2.97. The number of nitrogens with one attached hydrogen (secondary N) is 10. The van der Waals surface area contributed by atoms with Crippen molar-refractivity contribution in [3.63, 3.8) is 0 Å². The molecular formula is C11H22N12O4-2. The molecule has 0 spiro atoms. The van der Waals surface area contributed by atoms with Crippen LogP contribution in [0.4, 0.5) is 0 Å². The molecule has 4 heterocycles. The van der Waals surface area contributed by atoms with Gasteiger partial charge in [0.25, 0.3) is 11.8 Å². The lowest BCUT2D eigenvalue weighted by Crippen LogP contribution is -2.67. The van der Waals surface area contributed by atoms with Crippen LogP contribution in [0.15, 0.2) is 0 Å². The van der Waals surface area contributed by atoms with Crippen molar-refractivity contribution in [3.05, 3.63) is 10.4 Å². The molecule has 2 amide bonds. The second-order valence-electron chi connectivity index (χ2n) is 7.05. The quantitative estimate of drug-likeness (QED) is 0.213. The zero-order chi connectivity index (χ0) is 19.2. The van der Waals surface area contributed by atoms with Crippen molar-refractivity contribution in [2.24, 2.45) is 11.3 Å². The molecule has 10 N–H and O–H groups in total. The van der Waals surface area contributed by atoms with Gasteiger partial charge in [-0.15, -0.1) is 0 Å². The number of carbonyl (C=O) groups is 2. The summed E-state index contributed by atoms with van der Waals surface area (Å²) in [5.74, 6) is -1.86. The predicted molar refractivity (Wildman–Crippen MR) is 88.3 cm³/mol. The zero-order valence-corrected chi connectivity index (χ0v) is 14.3. The maximum Gasteiger partial charge on any atom is 0.253 e. The van der Waals surface area contributed by atoms with Crippen LogP contribution in [0.25, 0.3) is 0 Å². The van der Waals surface area contributed by atoms with Crippen molar-refractivity contribution in [1.29, 1.82) is 0 Å². The van der Waals surface area contributed by atoms with E-state index in [0.29, 0.717) is 23.4 Å². The Bertz CT molecular complexity index is 598. The molecule has 16 heteroatoms. The first-order valence-electron chi connectivity index (χ1n) is 8.45. The maximum absolute atomic E-state index is 12.5. The molecule has 6 atom stereocenters. The number of hydroxylamine groups is 2. The summed E-state index contributed by atoms with van der Waals surface area (Å²) in [7, 11) is 0. The second-order valence-corrected chi connectivity index (χ2v) is 7.05. The van der Waals surface area contributed by atoms with E-state index in [1.54, 1.807) is 6.92 Å². The van der Waals surface area contributed by atoms with Gasteiger partial charge < -0.3 is 10.4 Å². The summed E-state index contributed by atoms with van der Waals surface area (Å²) in [4.78, 5) is 25.0. The molecule has 0 aromatic heterocycles. The van der Waals surface area contributed by atoms with Crippen molar-refractivity contribution in [2.45, 2.75) is 31.1 Å². The smallest absolute Gasteiger partial charge is 0.253 e. The fourth-order valence-corrected chi connectivity index (χ4v) is 4.44. The van der Waals surface area contributed by atoms with Gasteiger partial charge in [-0.2, -0.15) is 22.1 Å². The lowest BCUT2D eigenvalue weighted by Gasteiger charge is -2.52. The Hall–Kier alpha value is -1.54. The summed E-state index contributed by atoms with van der Waals surface area (Å²) in [6, 6.07) is -3.28. The second kappa shape index (κ2) is 7.13. The van der Waals surface area contributed by atoms with Crippen LogP contribution in [0.3, 0.4) is 0 Å². The van der Waals surface area contributed by atoms with Crippen LogP contribution >= 0.6 is 0 Å². The average Bonchev–Trinajstić information content (AvgIpc) is 3.41. The maximum atomic E-state index is 12.5. The highest BCUT2D eigenvalue weighted by atomic mass is 16.6. The van der Waals surface area contributed by atoms with Crippen LogP contribution in [0.2, 0.25) is 0 Å². The van der Waals surface area contributed by atoms with E-state index in [9.17, 15) is 20.0 Å². The third-order valence-corrected chi connectivity index (χ3v) is 5.72. The zero-order valence-electron chi connectivity index (χ0n) is 14.3. The van der Waals surface area contributed by atoms with Gasteiger partial charge in [-0.1, -0.05) is 6.92 Å². The molecule has 0 bridgehead atoms. The molecule has 152 valence electrons. The molecule has 0 saturated carbocycles. The molecule has 0 aromatic rings. The van der Waals surface area contributed by atoms with Crippen LogP contribution in [0.5, 0.6) is 0 Å². The number of rotatable bonds is 5. The Kier molecular flexibility index (Phi) is 4.96. The van der Waals surface area contributed by atoms with Gasteiger partial charge in [-0.05, 0) is 0 Å². The summed E-state index contributed by atoms with van der Waals surface area (Å²) in [5.41, 5.74) is 25.2. The van der Waals surface area contributed by atoms with Crippen molar-refractivity contribution in [2.75, 3.05) is 13.1 Å². The Balaban J connectivity index is 1.80. The molecule has 0 aromatic carbocycles. The summed E-state index contributed by atoms with van der Waals surface area (Å²) >= 11 is 0. The first-order chi connectivity index (χ1) is 12.9. The average molecular weight is 386 g/mol. The van der Waals surface area contributed by atoms with E-state index in [4.69, 9.17) is 0 Å². The predicted octanol–water partition coefficient (Wildman–Crippen LogP) is -5.99. The van der Waals surface area contributed by atoms with Gasteiger partial charge in [0.05, 0.1) is 6.04 Å². The Morgan fingerprint density at radius 2 is 1.67 bits per heavy atom. The molecule has 6 unspecified atom stereocenters. The largest absolute Gasteiger partial charge is 0.770 e. The highest BCUT2D eigenvalue weighted by molar-refractivity contribution is 5.86. The molecule has 27 heavy (non-hydrogen) atoms. The normalized spacial score (nSPS) is 38.8. The summed E-state index contributed by atoms with van der Waals surface area (Å²) in [6.45, 7) is 2.44. The lowest BCUT2D eigenvalue weighted by molar-refractivity contribution is -0.133. The Morgan fingerprint density at radius 1 is 1.00 bits per heavy atom. The van der Waals surface area contributed by atoms with Crippen molar-refractivity contribution in [1.82, 2.24) is 65.0 Å². The highest BCUT2D eigenvalue weighted by Gasteiger charge is 2.60. The summed E-state index contributed by atoms with van der Waals surface area (Å²) < 4.78 is 0. The van der Waals surface area contributed by atoms with E-state index in [0.717, 1.165) is 0 Å². The van der Waals surface area contributed by atoms with Crippen molar-refractivity contribution in [3.8, 4) is 0 Å². The number of hydrogen-bond acceptors (Lipinski definition) is 14. The molecule has 4 aliphatic heterocycles. The number of nitrogens with zero attached hydrogens (tertiary/aromatic N) is 2. The summed E-state index contributed by atoms with van der Waals surface area (Å²) in [5, 5.41) is 25.7. The minimum atomic E-state index is -1.20. The van der Waals surface area contributed by atoms with Gasteiger partial charge in [0, 0.05) is 36.5 Å². The van der Waals surface area contributed by atoms with E-state index in [1.807, 2.05) is 0 Å². The van der Waals surface area contributed by atoms with Gasteiger partial charge in [-0.25, -0.2) is 21.7 Å².